The van der Waals surface area contributed by atoms with E-state index in [1.54, 1.807) is 0 Å². The van der Waals surface area contributed by atoms with E-state index in [9.17, 15) is 0 Å². The fourth-order valence-corrected chi connectivity index (χ4v) is 14.5. The van der Waals surface area contributed by atoms with E-state index in [1.165, 1.54) is 155 Å². The summed E-state index contributed by atoms with van der Waals surface area (Å²) in [6, 6.07) is 74.3. The van der Waals surface area contributed by atoms with Crippen molar-refractivity contribution in [3.8, 4) is 67.0 Å². The van der Waals surface area contributed by atoms with Crippen LogP contribution in [-0.2, 0) is 36.5 Å². The van der Waals surface area contributed by atoms with Crippen molar-refractivity contribution in [2.24, 2.45) is 0 Å². The summed E-state index contributed by atoms with van der Waals surface area (Å²) in [5, 5.41) is 5.40. The van der Waals surface area contributed by atoms with Gasteiger partial charge in [-0.15, -0.1) is 0 Å². The van der Waals surface area contributed by atoms with Crippen LogP contribution in [-0.4, -0.2) is 9.13 Å². The molecule has 0 N–H and O–H groups in total. The molecule has 72 heavy (non-hydrogen) atoms. The van der Waals surface area contributed by atoms with E-state index in [2.05, 4.69) is 231 Å². The van der Waals surface area contributed by atoms with E-state index in [0.29, 0.717) is 0 Å². The molecule has 0 atom stereocenters. The standard InChI is InChI=1S/C70H52N2/c1-69(2)59-21-13-11-19-49(59)53-35-41(25-31-61(53)69)43-27-33-63-55(37-43)57-39-45-23-24-46-40-58-56-38-44(42-26-32-62-54(36-42)50-20-12-14-22-60(50)70(62,3)4)28-34-64(56)72(48-17-9-6-10-18-48)68(58)52-30-29-51(65(45)66(46)52)67(57)71(63)47-15-7-5-8-16-47/h5-22,25-28,31-40H,23-24,29-30H2,1-4H3. The predicted molar refractivity (Wildman–Crippen MR) is 301 cm³/mol. The van der Waals surface area contributed by atoms with Gasteiger partial charge in [0.2, 0.25) is 0 Å². The number of nitrogens with zero attached hydrogens (tertiary/aromatic N) is 2. The molecule has 0 radical (unpaired) electrons. The highest BCUT2D eigenvalue weighted by Gasteiger charge is 2.38. The minimum Gasteiger partial charge on any atom is -0.309 e. The summed E-state index contributed by atoms with van der Waals surface area (Å²) in [4.78, 5) is 0. The molecule has 0 amide bonds. The first-order chi connectivity index (χ1) is 35.2. The van der Waals surface area contributed by atoms with Gasteiger partial charge < -0.3 is 9.13 Å². The van der Waals surface area contributed by atoms with Crippen LogP contribution >= 0.6 is 0 Å². The number of rotatable bonds is 4. The quantitative estimate of drug-likeness (QED) is 0.166. The van der Waals surface area contributed by atoms with Crippen LogP contribution in [0.25, 0.3) is 111 Å². The maximum Gasteiger partial charge on any atom is 0.0579 e. The molecular weight excluding hydrogens is 869 g/mol. The summed E-state index contributed by atoms with van der Waals surface area (Å²) in [6.45, 7) is 9.47. The lowest BCUT2D eigenvalue weighted by Crippen LogP contribution is -2.16. The van der Waals surface area contributed by atoms with Crippen LogP contribution in [0.3, 0.4) is 0 Å². The molecular formula is C70H52N2. The van der Waals surface area contributed by atoms with Gasteiger partial charge in [-0.05, 0) is 199 Å². The van der Waals surface area contributed by atoms with E-state index >= 15 is 0 Å². The van der Waals surface area contributed by atoms with Crippen molar-refractivity contribution in [1.29, 1.82) is 0 Å². The van der Waals surface area contributed by atoms with E-state index in [1.807, 2.05) is 0 Å². The second kappa shape index (κ2) is 14.2. The molecule has 2 heteroatoms. The topological polar surface area (TPSA) is 9.86 Å². The van der Waals surface area contributed by atoms with Gasteiger partial charge in [-0.1, -0.05) is 149 Å². The molecule has 0 bridgehead atoms. The van der Waals surface area contributed by atoms with Crippen molar-refractivity contribution in [1.82, 2.24) is 9.13 Å². The number of hydrogen-bond acceptors (Lipinski definition) is 0. The lowest BCUT2D eigenvalue weighted by Gasteiger charge is -2.31. The van der Waals surface area contributed by atoms with Crippen molar-refractivity contribution < 1.29 is 0 Å². The SMILES string of the molecule is CC1(C)c2ccccc2-c2cc(-c3ccc4c(c3)c3cc5c6c(c3n4-c3ccccc3)CCc3c-6c(cc4c6cc(-c7ccc8c(c7)-c7ccccc7C8(C)C)ccc6n(-c6ccccc6)c34)CC5)ccc21. The first-order valence-electron chi connectivity index (χ1n) is 26.1. The molecule has 12 aromatic rings. The molecule has 0 saturated heterocycles. The van der Waals surface area contributed by atoms with Crippen LogP contribution in [0, 0.1) is 0 Å². The predicted octanol–water partition coefficient (Wildman–Crippen LogP) is 17.7. The van der Waals surface area contributed by atoms with Crippen LogP contribution in [0.1, 0.15) is 72.2 Å². The van der Waals surface area contributed by atoms with Crippen molar-refractivity contribution >= 4 is 43.6 Å². The zero-order valence-corrected chi connectivity index (χ0v) is 41.2. The third kappa shape index (κ3) is 5.29. The van der Waals surface area contributed by atoms with Gasteiger partial charge in [-0.25, -0.2) is 0 Å². The molecule has 0 spiro atoms. The minimum atomic E-state index is -0.0151. The van der Waals surface area contributed by atoms with E-state index in [-0.39, 0.29) is 10.8 Å². The van der Waals surface area contributed by atoms with Gasteiger partial charge in [0.25, 0.3) is 0 Å². The first kappa shape index (κ1) is 40.5. The van der Waals surface area contributed by atoms with Crippen molar-refractivity contribution in [3.63, 3.8) is 0 Å². The molecule has 0 aliphatic heterocycles. The smallest absolute Gasteiger partial charge is 0.0579 e. The maximum atomic E-state index is 2.60. The third-order valence-corrected chi connectivity index (χ3v) is 17.9. The fraction of sp³-hybridized carbons (Fsp3) is 0.143. The molecule has 2 aromatic heterocycles. The molecule has 10 aromatic carbocycles. The second-order valence-electron chi connectivity index (χ2n) is 22.2. The largest absolute Gasteiger partial charge is 0.309 e. The van der Waals surface area contributed by atoms with Crippen molar-refractivity contribution in [2.75, 3.05) is 0 Å². The molecule has 342 valence electrons. The Hall–Kier alpha value is -8.20. The van der Waals surface area contributed by atoms with Gasteiger partial charge >= 0.3 is 0 Å². The second-order valence-corrected chi connectivity index (χ2v) is 22.2. The number of aryl methyl sites for hydroxylation is 4. The summed E-state index contributed by atoms with van der Waals surface area (Å²) >= 11 is 0. The van der Waals surface area contributed by atoms with Crippen LogP contribution in [0.5, 0.6) is 0 Å². The van der Waals surface area contributed by atoms with Gasteiger partial charge in [-0.3, -0.25) is 0 Å². The average Bonchev–Trinajstić information content (AvgIpc) is 4.08. The molecule has 0 saturated carbocycles. The van der Waals surface area contributed by atoms with Gasteiger partial charge in [0.15, 0.2) is 0 Å². The molecule has 4 aliphatic rings. The summed E-state index contributed by atoms with van der Waals surface area (Å²) in [5.41, 5.74) is 32.8. The average molecular weight is 921 g/mol. The lowest BCUT2D eigenvalue weighted by atomic mass is 9.74. The van der Waals surface area contributed by atoms with E-state index < -0.39 is 0 Å². The zero-order chi connectivity index (χ0) is 47.8. The van der Waals surface area contributed by atoms with Gasteiger partial charge in [0, 0.05) is 43.7 Å². The molecule has 0 unspecified atom stereocenters. The number of fused-ring (bicyclic) bond motifs is 14. The number of para-hydroxylation sites is 2. The minimum absolute atomic E-state index is 0.0151. The number of benzene rings is 10. The highest BCUT2D eigenvalue weighted by Crippen LogP contribution is 2.54. The number of hydrogen-bond donors (Lipinski definition) is 0. The van der Waals surface area contributed by atoms with E-state index in [4.69, 9.17) is 0 Å². The van der Waals surface area contributed by atoms with Gasteiger partial charge in [0.1, 0.15) is 0 Å². The highest BCUT2D eigenvalue weighted by molar-refractivity contribution is 6.17. The monoisotopic (exact) mass is 920 g/mol. The van der Waals surface area contributed by atoms with Crippen LogP contribution in [0.2, 0.25) is 0 Å². The normalized spacial score (nSPS) is 15.2. The number of aromatic nitrogens is 2. The Morgan fingerprint density at radius 2 is 0.694 bits per heavy atom. The molecule has 2 heterocycles. The Kier molecular flexibility index (Phi) is 8.01. The fourth-order valence-electron chi connectivity index (χ4n) is 14.5. The highest BCUT2D eigenvalue weighted by atomic mass is 15.0. The third-order valence-electron chi connectivity index (χ3n) is 17.9. The summed E-state index contributed by atoms with van der Waals surface area (Å²) in [5.74, 6) is 0. The van der Waals surface area contributed by atoms with Gasteiger partial charge in [0.05, 0.1) is 22.1 Å². The van der Waals surface area contributed by atoms with E-state index in [0.717, 1.165) is 25.7 Å². The Balaban J connectivity index is 0.907. The zero-order valence-electron chi connectivity index (χ0n) is 41.2. The molecule has 0 fully saturated rings. The summed E-state index contributed by atoms with van der Waals surface area (Å²) < 4.78 is 5.18. The van der Waals surface area contributed by atoms with Crippen LogP contribution in [0.4, 0.5) is 0 Å². The Morgan fingerprint density at radius 3 is 1.14 bits per heavy atom. The first-order valence-corrected chi connectivity index (χ1v) is 26.1. The van der Waals surface area contributed by atoms with Gasteiger partial charge in [-0.2, -0.15) is 0 Å². The Morgan fingerprint density at radius 1 is 0.319 bits per heavy atom. The van der Waals surface area contributed by atoms with Crippen molar-refractivity contribution in [3.05, 3.63) is 239 Å². The Bertz CT molecular complexity index is 4080. The maximum absolute atomic E-state index is 2.60. The van der Waals surface area contributed by atoms with Crippen LogP contribution < -0.4 is 0 Å². The summed E-state index contributed by atoms with van der Waals surface area (Å²) in [6.07, 6.45) is 4.03. The van der Waals surface area contributed by atoms with Crippen molar-refractivity contribution in [2.45, 2.75) is 64.2 Å². The van der Waals surface area contributed by atoms with Crippen LogP contribution in [0.15, 0.2) is 194 Å². The lowest BCUT2D eigenvalue weighted by molar-refractivity contribution is 0.660. The molecule has 16 rings (SSSR count). The summed E-state index contributed by atoms with van der Waals surface area (Å²) in [7, 11) is 0. The Labute approximate surface area is 420 Å². The molecule has 2 nitrogen and oxygen atoms in total. The molecule has 4 aliphatic carbocycles.